The number of aliphatic hydroxyl groups excluding tert-OH is 1. The number of hydrogen-bond donors (Lipinski definition) is 2. The Morgan fingerprint density at radius 3 is 2.77 bits per heavy atom. The number of urea groups is 1. The van der Waals surface area contributed by atoms with Gasteiger partial charge in [-0.3, -0.25) is 0 Å². The second-order valence-electron chi connectivity index (χ2n) is 5.94. The first-order chi connectivity index (χ1) is 10.6. The first kappa shape index (κ1) is 16.5. The molecule has 0 saturated carbocycles. The van der Waals surface area contributed by atoms with Crippen molar-refractivity contribution in [1.29, 1.82) is 0 Å². The van der Waals surface area contributed by atoms with E-state index >= 15 is 0 Å². The van der Waals surface area contributed by atoms with E-state index in [-0.39, 0.29) is 6.03 Å². The standard InChI is InChI=1S/C16H26N4O2/c1-13(21)7-10-19(2)16(22)18-12-14-5-6-15(17-11-14)20-8-3-4-9-20/h5-6,11,13,21H,3-4,7-10,12H2,1-2H3,(H,18,22). The number of pyridine rings is 1. The number of aromatic nitrogens is 1. The molecule has 2 heterocycles. The highest BCUT2D eigenvalue weighted by molar-refractivity contribution is 5.73. The second kappa shape index (κ2) is 7.98. The summed E-state index contributed by atoms with van der Waals surface area (Å²) in [5.74, 6) is 1.02. The molecule has 122 valence electrons. The summed E-state index contributed by atoms with van der Waals surface area (Å²) in [6.45, 7) is 4.88. The number of carbonyl (C=O) groups is 1. The van der Waals surface area contributed by atoms with Crippen LogP contribution in [0.4, 0.5) is 10.6 Å². The quantitative estimate of drug-likeness (QED) is 0.837. The zero-order chi connectivity index (χ0) is 15.9. The predicted molar refractivity (Wildman–Crippen MR) is 86.8 cm³/mol. The maximum absolute atomic E-state index is 11.9. The minimum Gasteiger partial charge on any atom is -0.393 e. The third-order valence-electron chi connectivity index (χ3n) is 3.91. The van der Waals surface area contributed by atoms with Crippen LogP contribution in [-0.4, -0.2) is 53.8 Å². The van der Waals surface area contributed by atoms with E-state index in [0.29, 0.717) is 19.5 Å². The molecule has 6 nitrogen and oxygen atoms in total. The van der Waals surface area contributed by atoms with Crippen LogP contribution in [0.2, 0.25) is 0 Å². The van der Waals surface area contributed by atoms with Crippen molar-refractivity contribution in [3.8, 4) is 0 Å². The van der Waals surface area contributed by atoms with Gasteiger partial charge in [-0.2, -0.15) is 0 Å². The highest BCUT2D eigenvalue weighted by atomic mass is 16.3. The van der Waals surface area contributed by atoms with E-state index < -0.39 is 6.10 Å². The lowest BCUT2D eigenvalue weighted by Gasteiger charge is -2.19. The predicted octanol–water partition coefficient (Wildman–Crippen LogP) is 1.59. The molecule has 6 heteroatoms. The Labute approximate surface area is 132 Å². The van der Waals surface area contributed by atoms with Crippen LogP contribution in [0.25, 0.3) is 0 Å². The fourth-order valence-corrected chi connectivity index (χ4v) is 2.45. The van der Waals surface area contributed by atoms with Gasteiger partial charge >= 0.3 is 6.03 Å². The maximum Gasteiger partial charge on any atom is 0.317 e. The molecule has 0 spiro atoms. The van der Waals surface area contributed by atoms with E-state index in [0.717, 1.165) is 24.5 Å². The van der Waals surface area contributed by atoms with Crippen molar-refractivity contribution in [3.05, 3.63) is 23.9 Å². The maximum atomic E-state index is 11.9. The summed E-state index contributed by atoms with van der Waals surface area (Å²) in [4.78, 5) is 20.2. The molecule has 1 saturated heterocycles. The van der Waals surface area contributed by atoms with Crippen LogP contribution in [0, 0.1) is 0 Å². The number of rotatable bonds is 6. The molecule has 1 aliphatic heterocycles. The average Bonchev–Trinajstić information content (AvgIpc) is 3.05. The third kappa shape index (κ3) is 4.87. The summed E-state index contributed by atoms with van der Waals surface area (Å²) in [6, 6.07) is 3.89. The van der Waals surface area contributed by atoms with Gasteiger partial charge in [-0.25, -0.2) is 9.78 Å². The summed E-state index contributed by atoms with van der Waals surface area (Å²) in [6.07, 6.45) is 4.48. The SMILES string of the molecule is CC(O)CCN(C)C(=O)NCc1ccc(N2CCCC2)nc1. The lowest BCUT2D eigenvalue weighted by atomic mass is 10.2. The number of carbonyl (C=O) groups excluding carboxylic acids is 1. The monoisotopic (exact) mass is 306 g/mol. The zero-order valence-corrected chi connectivity index (χ0v) is 13.5. The Morgan fingerprint density at radius 2 is 2.18 bits per heavy atom. The molecular weight excluding hydrogens is 280 g/mol. The summed E-state index contributed by atoms with van der Waals surface area (Å²) < 4.78 is 0. The number of anilines is 1. The van der Waals surface area contributed by atoms with Crippen LogP contribution in [0.3, 0.4) is 0 Å². The van der Waals surface area contributed by atoms with Crippen LogP contribution in [-0.2, 0) is 6.54 Å². The lowest BCUT2D eigenvalue weighted by Crippen LogP contribution is -2.38. The van der Waals surface area contributed by atoms with Gasteiger partial charge in [-0.05, 0) is 37.8 Å². The minimum absolute atomic E-state index is 0.135. The summed E-state index contributed by atoms with van der Waals surface area (Å²) in [5, 5.41) is 12.1. The molecule has 1 fully saturated rings. The molecule has 0 aliphatic carbocycles. The van der Waals surface area contributed by atoms with E-state index in [4.69, 9.17) is 0 Å². The van der Waals surface area contributed by atoms with Gasteiger partial charge in [0.15, 0.2) is 0 Å². The van der Waals surface area contributed by atoms with Crippen molar-refractivity contribution in [3.63, 3.8) is 0 Å². The van der Waals surface area contributed by atoms with Gasteiger partial charge in [-0.15, -0.1) is 0 Å². The first-order valence-electron chi connectivity index (χ1n) is 7.93. The highest BCUT2D eigenvalue weighted by Crippen LogP contribution is 2.17. The van der Waals surface area contributed by atoms with E-state index in [1.807, 2.05) is 18.3 Å². The molecule has 2 N–H and O–H groups in total. The molecule has 22 heavy (non-hydrogen) atoms. The third-order valence-corrected chi connectivity index (χ3v) is 3.91. The van der Waals surface area contributed by atoms with Gasteiger partial charge in [0.05, 0.1) is 6.10 Å². The Morgan fingerprint density at radius 1 is 1.45 bits per heavy atom. The smallest absolute Gasteiger partial charge is 0.317 e. The number of nitrogens with zero attached hydrogens (tertiary/aromatic N) is 3. The normalized spacial score (nSPS) is 15.7. The van der Waals surface area contributed by atoms with Gasteiger partial charge in [0, 0.05) is 39.4 Å². The van der Waals surface area contributed by atoms with E-state index in [1.54, 1.807) is 18.9 Å². The van der Waals surface area contributed by atoms with Crippen LogP contribution < -0.4 is 10.2 Å². The van der Waals surface area contributed by atoms with Crippen molar-refractivity contribution < 1.29 is 9.90 Å². The molecule has 0 aromatic carbocycles. The Balaban J connectivity index is 1.77. The Bertz CT molecular complexity index is 470. The average molecular weight is 306 g/mol. The molecule has 2 rings (SSSR count). The molecule has 1 aromatic rings. The van der Waals surface area contributed by atoms with E-state index in [9.17, 15) is 9.90 Å². The molecule has 1 atom stereocenters. The fourth-order valence-electron chi connectivity index (χ4n) is 2.45. The number of aliphatic hydroxyl groups is 1. The summed E-state index contributed by atoms with van der Waals surface area (Å²) in [5.41, 5.74) is 0.986. The first-order valence-corrected chi connectivity index (χ1v) is 7.93. The fraction of sp³-hybridized carbons (Fsp3) is 0.625. The van der Waals surface area contributed by atoms with Crippen molar-refractivity contribution in [2.45, 2.75) is 38.8 Å². The van der Waals surface area contributed by atoms with E-state index in [2.05, 4.69) is 15.2 Å². The molecule has 1 unspecified atom stereocenters. The molecule has 0 radical (unpaired) electrons. The molecular formula is C16H26N4O2. The Hall–Kier alpha value is -1.82. The minimum atomic E-state index is -0.391. The van der Waals surface area contributed by atoms with Crippen LogP contribution in [0.1, 0.15) is 31.7 Å². The molecule has 2 amide bonds. The van der Waals surface area contributed by atoms with Gasteiger partial charge in [0.2, 0.25) is 0 Å². The van der Waals surface area contributed by atoms with Crippen LogP contribution >= 0.6 is 0 Å². The van der Waals surface area contributed by atoms with Gasteiger partial charge in [0.25, 0.3) is 0 Å². The lowest BCUT2D eigenvalue weighted by molar-refractivity contribution is 0.163. The summed E-state index contributed by atoms with van der Waals surface area (Å²) in [7, 11) is 1.73. The van der Waals surface area contributed by atoms with Crippen LogP contribution in [0.15, 0.2) is 18.3 Å². The molecule has 1 aliphatic rings. The number of amides is 2. The van der Waals surface area contributed by atoms with Crippen molar-refractivity contribution >= 4 is 11.8 Å². The van der Waals surface area contributed by atoms with Crippen molar-refractivity contribution in [1.82, 2.24) is 15.2 Å². The molecule has 1 aromatic heterocycles. The van der Waals surface area contributed by atoms with Gasteiger partial charge in [-0.1, -0.05) is 6.07 Å². The largest absolute Gasteiger partial charge is 0.393 e. The number of nitrogens with one attached hydrogen (secondary N) is 1. The second-order valence-corrected chi connectivity index (χ2v) is 5.94. The topological polar surface area (TPSA) is 68.7 Å². The van der Waals surface area contributed by atoms with Gasteiger partial charge in [0.1, 0.15) is 5.82 Å². The van der Waals surface area contributed by atoms with Gasteiger partial charge < -0.3 is 20.2 Å². The van der Waals surface area contributed by atoms with Crippen LogP contribution in [0.5, 0.6) is 0 Å². The van der Waals surface area contributed by atoms with E-state index in [1.165, 1.54) is 12.8 Å². The van der Waals surface area contributed by atoms with Crippen molar-refractivity contribution in [2.24, 2.45) is 0 Å². The summed E-state index contributed by atoms with van der Waals surface area (Å²) >= 11 is 0. The highest BCUT2D eigenvalue weighted by Gasteiger charge is 2.13. The number of hydrogen-bond acceptors (Lipinski definition) is 4. The zero-order valence-electron chi connectivity index (χ0n) is 13.5. The van der Waals surface area contributed by atoms with Crippen molar-refractivity contribution in [2.75, 3.05) is 31.6 Å². The Kier molecular flexibility index (Phi) is 6.00. The molecule has 0 bridgehead atoms.